The summed E-state index contributed by atoms with van der Waals surface area (Å²) in [6.45, 7) is 4.09. The zero-order valence-electron chi connectivity index (χ0n) is 11.9. The summed E-state index contributed by atoms with van der Waals surface area (Å²) in [4.78, 5) is 12.6. The van der Waals surface area contributed by atoms with Gasteiger partial charge in [-0.3, -0.25) is 4.79 Å². The summed E-state index contributed by atoms with van der Waals surface area (Å²) >= 11 is 0. The van der Waals surface area contributed by atoms with Crippen molar-refractivity contribution in [2.24, 2.45) is 0 Å². The number of carbonyl (C=O) groups excluding carboxylic acids is 1. The maximum absolute atomic E-state index is 12.6. The molecule has 2 aromatic rings. The van der Waals surface area contributed by atoms with E-state index in [0.29, 0.717) is 0 Å². The van der Waals surface area contributed by atoms with E-state index in [9.17, 15) is 4.79 Å². The minimum absolute atomic E-state index is 0.121. The van der Waals surface area contributed by atoms with E-state index in [1.54, 1.807) is 0 Å². The Kier molecular flexibility index (Phi) is 3.09. The van der Waals surface area contributed by atoms with Crippen molar-refractivity contribution in [3.05, 3.63) is 65.2 Å². The number of rotatable bonds is 3. The molecule has 1 N–H and O–H groups in total. The van der Waals surface area contributed by atoms with Gasteiger partial charge in [-0.1, -0.05) is 48.0 Å². The van der Waals surface area contributed by atoms with E-state index in [2.05, 4.69) is 30.4 Å². The van der Waals surface area contributed by atoms with Crippen molar-refractivity contribution in [2.45, 2.75) is 32.1 Å². The summed E-state index contributed by atoms with van der Waals surface area (Å²) in [5.74, 6) is 0.121. The standard InChI is InChI=1S/C18H19NO/c1-13-8-9-16(14(2)12-13)19-17(20)18(10-11-18)15-6-4-3-5-7-15/h3-9,12H,10-11H2,1-2H3,(H,19,20). The van der Waals surface area contributed by atoms with Gasteiger partial charge in [-0.05, 0) is 43.9 Å². The first-order chi connectivity index (χ1) is 9.62. The highest BCUT2D eigenvalue weighted by Gasteiger charge is 2.51. The Morgan fingerprint density at radius 3 is 2.35 bits per heavy atom. The van der Waals surface area contributed by atoms with Gasteiger partial charge in [0.1, 0.15) is 0 Å². The second-order valence-corrected chi connectivity index (χ2v) is 5.72. The molecule has 0 unspecified atom stereocenters. The van der Waals surface area contributed by atoms with Crippen molar-refractivity contribution < 1.29 is 4.79 Å². The van der Waals surface area contributed by atoms with Crippen LogP contribution >= 0.6 is 0 Å². The van der Waals surface area contributed by atoms with E-state index < -0.39 is 0 Å². The van der Waals surface area contributed by atoms with Crippen LogP contribution in [0, 0.1) is 13.8 Å². The van der Waals surface area contributed by atoms with E-state index in [1.165, 1.54) is 5.56 Å². The normalized spacial score (nSPS) is 15.7. The van der Waals surface area contributed by atoms with Crippen molar-refractivity contribution >= 4 is 11.6 Å². The van der Waals surface area contributed by atoms with Crippen molar-refractivity contribution in [3.63, 3.8) is 0 Å². The van der Waals surface area contributed by atoms with Crippen molar-refractivity contribution in [2.75, 3.05) is 5.32 Å². The quantitative estimate of drug-likeness (QED) is 0.893. The minimum Gasteiger partial charge on any atom is -0.325 e. The van der Waals surface area contributed by atoms with Gasteiger partial charge >= 0.3 is 0 Å². The van der Waals surface area contributed by atoms with Crippen LogP contribution in [0.4, 0.5) is 5.69 Å². The van der Waals surface area contributed by atoms with Crippen LogP contribution < -0.4 is 5.32 Å². The molecule has 1 saturated carbocycles. The Bertz CT molecular complexity index is 642. The van der Waals surface area contributed by atoms with Crippen LogP contribution in [0.5, 0.6) is 0 Å². The summed E-state index contributed by atoms with van der Waals surface area (Å²) in [7, 11) is 0. The van der Waals surface area contributed by atoms with Gasteiger partial charge in [-0.25, -0.2) is 0 Å². The molecule has 1 amide bonds. The first-order valence-electron chi connectivity index (χ1n) is 7.06. The molecule has 0 atom stereocenters. The largest absolute Gasteiger partial charge is 0.325 e. The zero-order valence-corrected chi connectivity index (χ0v) is 11.9. The second-order valence-electron chi connectivity index (χ2n) is 5.72. The highest BCUT2D eigenvalue weighted by atomic mass is 16.2. The summed E-state index contributed by atoms with van der Waals surface area (Å²) in [5, 5.41) is 3.10. The van der Waals surface area contributed by atoms with Gasteiger partial charge in [-0.15, -0.1) is 0 Å². The van der Waals surface area contributed by atoms with Gasteiger partial charge in [0.25, 0.3) is 0 Å². The third-order valence-electron chi connectivity index (χ3n) is 4.14. The molecule has 0 saturated heterocycles. The van der Waals surface area contributed by atoms with Crippen LogP contribution in [-0.2, 0) is 10.2 Å². The number of nitrogens with one attached hydrogen (secondary N) is 1. The van der Waals surface area contributed by atoms with Gasteiger partial charge in [0, 0.05) is 5.69 Å². The van der Waals surface area contributed by atoms with Crippen LogP contribution in [0.3, 0.4) is 0 Å². The maximum Gasteiger partial charge on any atom is 0.235 e. The van der Waals surface area contributed by atoms with Gasteiger partial charge in [0.15, 0.2) is 0 Å². The fraction of sp³-hybridized carbons (Fsp3) is 0.278. The molecule has 2 nitrogen and oxygen atoms in total. The topological polar surface area (TPSA) is 29.1 Å². The third kappa shape index (κ3) is 2.22. The Balaban J connectivity index is 1.83. The molecular formula is C18H19NO. The van der Waals surface area contributed by atoms with Crippen LogP contribution in [0.1, 0.15) is 29.5 Å². The minimum atomic E-state index is -0.307. The first-order valence-corrected chi connectivity index (χ1v) is 7.06. The third-order valence-corrected chi connectivity index (χ3v) is 4.14. The van der Waals surface area contributed by atoms with Crippen molar-refractivity contribution in [3.8, 4) is 0 Å². The molecule has 2 aromatic carbocycles. The highest BCUT2D eigenvalue weighted by Crippen LogP contribution is 2.49. The van der Waals surface area contributed by atoms with E-state index in [4.69, 9.17) is 0 Å². The Morgan fingerprint density at radius 2 is 1.75 bits per heavy atom. The summed E-state index contributed by atoms with van der Waals surface area (Å²) in [5.41, 5.74) is 4.07. The first kappa shape index (κ1) is 12.9. The molecule has 0 aliphatic heterocycles. The van der Waals surface area contributed by atoms with Gasteiger partial charge in [0.2, 0.25) is 5.91 Å². The molecular weight excluding hydrogens is 246 g/mol. The number of anilines is 1. The number of amides is 1. The number of benzene rings is 2. The molecule has 0 aromatic heterocycles. The van der Waals surface area contributed by atoms with Crippen LogP contribution in [-0.4, -0.2) is 5.91 Å². The number of hydrogen-bond donors (Lipinski definition) is 1. The number of carbonyl (C=O) groups is 1. The monoisotopic (exact) mass is 265 g/mol. The van der Waals surface area contributed by atoms with Crippen molar-refractivity contribution in [1.29, 1.82) is 0 Å². The Labute approximate surface area is 119 Å². The second kappa shape index (κ2) is 4.78. The Hall–Kier alpha value is -2.09. The van der Waals surface area contributed by atoms with Crippen LogP contribution in [0.25, 0.3) is 0 Å². The summed E-state index contributed by atoms with van der Waals surface area (Å²) < 4.78 is 0. The predicted octanol–water partition coefficient (Wildman–Crippen LogP) is 3.97. The van der Waals surface area contributed by atoms with Gasteiger partial charge < -0.3 is 5.32 Å². The molecule has 0 spiro atoms. The lowest BCUT2D eigenvalue weighted by atomic mass is 9.95. The van der Waals surface area contributed by atoms with E-state index in [1.807, 2.05) is 37.3 Å². The molecule has 0 radical (unpaired) electrons. The molecule has 1 aliphatic rings. The zero-order chi connectivity index (χ0) is 14.2. The smallest absolute Gasteiger partial charge is 0.235 e. The lowest BCUT2D eigenvalue weighted by Gasteiger charge is -2.17. The molecule has 1 fully saturated rings. The average Bonchev–Trinajstić information content (AvgIpc) is 3.24. The van der Waals surface area contributed by atoms with Crippen molar-refractivity contribution in [1.82, 2.24) is 0 Å². The average molecular weight is 265 g/mol. The molecule has 20 heavy (non-hydrogen) atoms. The lowest BCUT2D eigenvalue weighted by molar-refractivity contribution is -0.118. The molecule has 2 heteroatoms. The van der Waals surface area contributed by atoms with Crippen LogP contribution in [0.15, 0.2) is 48.5 Å². The SMILES string of the molecule is Cc1ccc(NC(=O)C2(c3ccccc3)CC2)c(C)c1. The molecule has 102 valence electrons. The molecule has 3 rings (SSSR count). The molecule has 0 bridgehead atoms. The van der Waals surface area contributed by atoms with E-state index in [0.717, 1.165) is 29.7 Å². The maximum atomic E-state index is 12.6. The number of hydrogen-bond acceptors (Lipinski definition) is 1. The van der Waals surface area contributed by atoms with Gasteiger partial charge in [-0.2, -0.15) is 0 Å². The molecule has 0 heterocycles. The van der Waals surface area contributed by atoms with Gasteiger partial charge in [0.05, 0.1) is 5.41 Å². The fourth-order valence-corrected chi connectivity index (χ4v) is 2.72. The lowest BCUT2D eigenvalue weighted by Crippen LogP contribution is -2.28. The number of aryl methyl sites for hydroxylation is 2. The van der Waals surface area contributed by atoms with E-state index in [-0.39, 0.29) is 11.3 Å². The fourth-order valence-electron chi connectivity index (χ4n) is 2.72. The summed E-state index contributed by atoms with van der Waals surface area (Å²) in [6.07, 6.45) is 1.88. The molecule has 1 aliphatic carbocycles. The predicted molar refractivity (Wildman–Crippen MR) is 81.9 cm³/mol. The van der Waals surface area contributed by atoms with E-state index >= 15 is 0 Å². The highest BCUT2D eigenvalue weighted by molar-refractivity contribution is 6.01. The summed E-state index contributed by atoms with van der Waals surface area (Å²) in [6, 6.07) is 16.2. The Morgan fingerprint density at radius 1 is 1.05 bits per heavy atom. The van der Waals surface area contributed by atoms with Crippen LogP contribution in [0.2, 0.25) is 0 Å².